The third-order valence-electron chi connectivity index (χ3n) is 2.52. The van der Waals surface area contributed by atoms with Gasteiger partial charge in [-0.25, -0.2) is 4.39 Å². The predicted molar refractivity (Wildman–Crippen MR) is 72.3 cm³/mol. The van der Waals surface area contributed by atoms with Crippen molar-refractivity contribution in [1.29, 1.82) is 0 Å². The van der Waals surface area contributed by atoms with Crippen molar-refractivity contribution in [1.82, 2.24) is 15.5 Å². The van der Waals surface area contributed by atoms with Crippen LogP contribution < -0.4 is 10.6 Å². The molecule has 0 bridgehead atoms. The molecule has 2 N–H and O–H groups in total. The first-order valence-electron chi connectivity index (χ1n) is 6.23. The van der Waals surface area contributed by atoms with Crippen LogP contribution in [0.1, 0.15) is 11.5 Å². The monoisotopic (exact) mass is 280 g/mol. The van der Waals surface area contributed by atoms with E-state index in [-0.39, 0.29) is 11.8 Å². The van der Waals surface area contributed by atoms with Gasteiger partial charge in [0.25, 0.3) is 0 Å². The lowest BCUT2D eigenvalue weighted by Gasteiger charge is -2.03. The Morgan fingerprint density at radius 1 is 1.30 bits per heavy atom. The molecule has 0 unspecified atom stereocenters. The van der Waals surface area contributed by atoms with E-state index in [1.54, 1.807) is 13.2 Å². The number of methoxy groups -OCH3 is 1. The van der Waals surface area contributed by atoms with Gasteiger partial charge in [-0.3, -0.25) is 0 Å². The van der Waals surface area contributed by atoms with Gasteiger partial charge in [0.1, 0.15) is 5.82 Å². The zero-order chi connectivity index (χ0) is 14.4. The quantitative estimate of drug-likeness (QED) is 0.756. The number of ether oxygens (including phenoxy) is 1. The maximum absolute atomic E-state index is 13.2. The molecule has 6 nitrogen and oxygen atoms in total. The fourth-order valence-electron chi connectivity index (χ4n) is 1.68. The minimum Gasteiger partial charge on any atom is -0.406 e. The van der Waals surface area contributed by atoms with Crippen LogP contribution in [-0.2, 0) is 11.3 Å². The Labute approximate surface area is 116 Å². The molecule has 0 spiro atoms. The van der Waals surface area contributed by atoms with Crippen LogP contribution in [0.15, 0.2) is 22.6 Å². The molecule has 0 aliphatic carbocycles. The molecule has 108 valence electrons. The van der Waals surface area contributed by atoms with Gasteiger partial charge in [0.2, 0.25) is 5.89 Å². The highest BCUT2D eigenvalue weighted by molar-refractivity contribution is 5.53. The molecule has 0 amide bonds. The second kappa shape index (κ2) is 6.97. The molecule has 0 atom stereocenters. The standard InChI is InChI=1S/C13H17FN4O2/c1-9-5-10(14)7-11(6-9)16-13-18-17-12(20-13)8-15-3-4-19-2/h5-7,15H,3-4,8H2,1-2H3,(H,16,18). The van der Waals surface area contributed by atoms with E-state index in [0.29, 0.717) is 31.3 Å². The van der Waals surface area contributed by atoms with E-state index in [9.17, 15) is 4.39 Å². The van der Waals surface area contributed by atoms with Crippen LogP contribution in [0.25, 0.3) is 0 Å². The zero-order valence-electron chi connectivity index (χ0n) is 11.4. The largest absolute Gasteiger partial charge is 0.406 e. The van der Waals surface area contributed by atoms with Crippen molar-refractivity contribution in [3.63, 3.8) is 0 Å². The summed E-state index contributed by atoms with van der Waals surface area (Å²) in [5.41, 5.74) is 1.39. The lowest BCUT2D eigenvalue weighted by atomic mass is 10.2. The third kappa shape index (κ3) is 4.29. The summed E-state index contributed by atoms with van der Waals surface area (Å²) < 4.78 is 23.5. The summed E-state index contributed by atoms with van der Waals surface area (Å²) in [6.45, 7) is 3.58. The molecule has 1 aromatic carbocycles. The third-order valence-corrected chi connectivity index (χ3v) is 2.52. The number of hydrogen-bond donors (Lipinski definition) is 2. The van der Waals surface area contributed by atoms with Gasteiger partial charge in [0.05, 0.1) is 13.2 Å². The van der Waals surface area contributed by atoms with Crippen LogP contribution in [-0.4, -0.2) is 30.5 Å². The Balaban J connectivity index is 1.92. The average Bonchev–Trinajstić information content (AvgIpc) is 2.81. The molecule has 20 heavy (non-hydrogen) atoms. The summed E-state index contributed by atoms with van der Waals surface area (Å²) in [6, 6.07) is 4.85. The number of anilines is 2. The summed E-state index contributed by atoms with van der Waals surface area (Å²) in [4.78, 5) is 0. The van der Waals surface area contributed by atoms with Crippen molar-refractivity contribution in [2.75, 3.05) is 25.6 Å². The van der Waals surface area contributed by atoms with E-state index in [4.69, 9.17) is 9.15 Å². The fourth-order valence-corrected chi connectivity index (χ4v) is 1.68. The van der Waals surface area contributed by atoms with Gasteiger partial charge >= 0.3 is 6.01 Å². The summed E-state index contributed by atoms with van der Waals surface area (Å²) >= 11 is 0. The first-order chi connectivity index (χ1) is 9.67. The molecule has 0 radical (unpaired) electrons. The molecular formula is C13H17FN4O2. The highest BCUT2D eigenvalue weighted by atomic mass is 19.1. The fraction of sp³-hybridized carbons (Fsp3) is 0.385. The van der Waals surface area contributed by atoms with Crippen LogP contribution >= 0.6 is 0 Å². The van der Waals surface area contributed by atoms with Crippen molar-refractivity contribution in [3.05, 3.63) is 35.5 Å². The second-order valence-electron chi connectivity index (χ2n) is 4.31. The van der Waals surface area contributed by atoms with E-state index in [1.807, 2.05) is 6.92 Å². The van der Waals surface area contributed by atoms with Crippen LogP contribution in [0, 0.1) is 12.7 Å². The molecule has 1 aromatic heterocycles. The first-order valence-corrected chi connectivity index (χ1v) is 6.23. The molecule has 1 heterocycles. The minimum absolute atomic E-state index is 0.235. The van der Waals surface area contributed by atoms with Gasteiger partial charge in [-0.05, 0) is 30.7 Å². The van der Waals surface area contributed by atoms with Crippen molar-refractivity contribution < 1.29 is 13.5 Å². The Hall–Kier alpha value is -1.99. The van der Waals surface area contributed by atoms with E-state index in [2.05, 4.69) is 20.8 Å². The molecule has 0 saturated heterocycles. The lowest BCUT2D eigenvalue weighted by molar-refractivity contribution is 0.198. The molecule has 0 aliphatic rings. The van der Waals surface area contributed by atoms with Gasteiger partial charge in [0.15, 0.2) is 0 Å². The molecular weight excluding hydrogens is 263 g/mol. The summed E-state index contributed by atoms with van der Waals surface area (Å²) in [5.74, 6) is 0.144. The Kier molecular flexibility index (Phi) is 5.03. The van der Waals surface area contributed by atoms with E-state index in [0.717, 1.165) is 5.56 Å². The maximum Gasteiger partial charge on any atom is 0.320 e. The van der Waals surface area contributed by atoms with Crippen LogP contribution in [0.2, 0.25) is 0 Å². The average molecular weight is 280 g/mol. The smallest absolute Gasteiger partial charge is 0.320 e. The summed E-state index contributed by atoms with van der Waals surface area (Å²) in [7, 11) is 1.64. The van der Waals surface area contributed by atoms with Crippen LogP contribution in [0.3, 0.4) is 0 Å². The van der Waals surface area contributed by atoms with E-state index >= 15 is 0 Å². The number of hydrogen-bond acceptors (Lipinski definition) is 6. The summed E-state index contributed by atoms with van der Waals surface area (Å²) in [5, 5.41) is 13.7. The topological polar surface area (TPSA) is 72.2 Å². The number of benzene rings is 1. The van der Waals surface area contributed by atoms with Crippen molar-refractivity contribution in [2.45, 2.75) is 13.5 Å². The highest BCUT2D eigenvalue weighted by Crippen LogP contribution is 2.18. The number of aromatic nitrogens is 2. The predicted octanol–water partition coefficient (Wildman–Crippen LogP) is 2.00. The molecule has 2 rings (SSSR count). The molecule has 7 heteroatoms. The number of aryl methyl sites for hydroxylation is 1. The van der Waals surface area contributed by atoms with Crippen molar-refractivity contribution in [3.8, 4) is 0 Å². The van der Waals surface area contributed by atoms with E-state index in [1.165, 1.54) is 12.1 Å². The molecule has 2 aromatic rings. The van der Waals surface area contributed by atoms with Gasteiger partial charge in [-0.15, -0.1) is 5.10 Å². The lowest BCUT2D eigenvalue weighted by Crippen LogP contribution is -2.18. The summed E-state index contributed by atoms with van der Waals surface area (Å²) in [6.07, 6.45) is 0. The molecule has 0 fully saturated rings. The second-order valence-corrected chi connectivity index (χ2v) is 4.31. The van der Waals surface area contributed by atoms with Gasteiger partial charge < -0.3 is 19.8 Å². The zero-order valence-corrected chi connectivity index (χ0v) is 11.4. The number of rotatable bonds is 7. The number of nitrogens with one attached hydrogen (secondary N) is 2. The van der Waals surface area contributed by atoms with Crippen LogP contribution in [0.4, 0.5) is 16.1 Å². The molecule has 0 saturated carbocycles. The Morgan fingerprint density at radius 3 is 2.90 bits per heavy atom. The van der Waals surface area contributed by atoms with E-state index < -0.39 is 0 Å². The first kappa shape index (κ1) is 14.4. The highest BCUT2D eigenvalue weighted by Gasteiger charge is 2.06. The van der Waals surface area contributed by atoms with Gasteiger partial charge in [-0.2, -0.15) is 0 Å². The van der Waals surface area contributed by atoms with Crippen LogP contribution in [0.5, 0.6) is 0 Å². The van der Waals surface area contributed by atoms with Crippen molar-refractivity contribution >= 4 is 11.7 Å². The van der Waals surface area contributed by atoms with Gasteiger partial charge in [0, 0.05) is 19.3 Å². The number of nitrogens with zero attached hydrogens (tertiary/aromatic N) is 2. The Morgan fingerprint density at radius 2 is 2.15 bits per heavy atom. The minimum atomic E-state index is -0.312. The SMILES string of the molecule is COCCNCc1nnc(Nc2cc(C)cc(F)c2)o1. The maximum atomic E-state index is 13.2. The van der Waals surface area contributed by atoms with Crippen molar-refractivity contribution in [2.24, 2.45) is 0 Å². The normalized spacial score (nSPS) is 10.8. The van der Waals surface area contributed by atoms with Gasteiger partial charge in [-0.1, -0.05) is 5.10 Å². The Bertz CT molecular complexity index is 539. The number of halogens is 1. The molecule has 0 aliphatic heterocycles.